The largest absolute Gasteiger partial charge is 0.378 e. The van der Waals surface area contributed by atoms with Crippen molar-refractivity contribution in [3.05, 3.63) is 35.9 Å². The maximum Gasteiger partial charge on any atom is 0.0585 e. The molecule has 0 aromatic heterocycles. The van der Waals surface area contributed by atoms with E-state index in [1.165, 1.54) is 5.56 Å². The lowest BCUT2D eigenvalue weighted by molar-refractivity contribution is 0.0884. The molecule has 1 unspecified atom stereocenters. The average molecular weight is 273 g/mol. The Bertz CT molecular complexity index is 329. The van der Waals surface area contributed by atoms with Gasteiger partial charge in [-0.05, 0) is 24.8 Å². The van der Waals surface area contributed by atoms with E-state index < -0.39 is 0 Å². The lowest BCUT2D eigenvalue weighted by Gasteiger charge is -2.32. The van der Waals surface area contributed by atoms with E-state index in [2.05, 4.69) is 12.1 Å². The van der Waals surface area contributed by atoms with Gasteiger partial charge in [-0.25, -0.2) is 0 Å². The summed E-state index contributed by atoms with van der Waals surface area (Å²) in [7, 11) is 0. The summed E-state index contributed by atoms with van der Waals surface area (Å²) in [5.74, 6) is 1.08. The number of benzene rings is 1. The molecule has 1 saturated heterocycles. The highest BCUT2D eigenvalue weighted by molar-refractivity contribution is 6.22. The Balaban J connectivity index is 2.19. The van der Waals surface area contributed by atoms with Crippen molar-refractivity contribution in [1.82, 2.24) is 0 Å². The molecular formula is C14H18Cl2O. The summed E-state index contributed by atoms with van der Waals surface area (Å²) >= 11 is 12.4. The quantitative estimate of drug-likeness (QED) is 0.737. The van der Waals surface area contributed by atoms with Gasteiger partial charge in [-0.3, -0.25) is 0 Å². The van der Waals surface area contributed by atoms with Crippen molar-refractivity contribution in [3.63, 3.8) is 0 Å². The van der Waals surface area contributed by atoms with E-state index in [0.29, 0.717) is 17.9 Å². The summed E-state index contributed by atoms with van der Waals surface area (Å²) in [4.78, 5) is 0. The smallest absolute Gasteiger partial charge is 0.0585 e. The molecule has 2 rings (SSSR count). The first kappa shape index (κ1) is 13.2. The maximum atomic E-state index is 6.20. The Labute approximate surface area is 113 Å². The molecule has 17 heavy (non-hydrogen) atoms. The van der Waals surface area contributed by atoms with E-state index in [1.807, 2.05) is 18.2 Å². The minimum atomic E-state index is -0.153. The number of hydrogen-bond donors (Lipinski definition) is 0. The minimum absolute atomic E-state index is 0.153. The maximum absolute atomic E-state index is 6.20. The zero-order valence-corrected chi connectivity index (χ0v) is 11.4. The van der Waals surface area contributed by atoms with Gasteiger partial charge in [0.1, 0.15) is 0 Å². The third-order valence-electron chi connectivity index (χ3n) is 3.54. The third kappa shape index (κ3) is 2.96. The molecule has 1 heterocycles. The highest BCUT2D eigenvalue weighted by Crippen LogP contribution is 2.35. The summed E-state index contributed by atoms with van der Waals surface area (Å²) in [5.41, 5.74) is 1.07. The molecule has 3 heteroatoms. The fraction of sp³-hybridized carbons (Fsp3) is 0.571. The van der Waals surface area contributed by atoms with Gasteiger partial charge >= 0.3 is 0 Å². The Kier molecular flexibility index (Phi) is 4.72. The van der Waals surface area contributed by atoms with Crippen LogP contribution in [0, 0.1) is 0 Å². The molecule has 0 amide bonds. The predicted octanol–water partition coefficient (Wildman–Crippen LogP) is 3.97. The normalized spacial score (nSPS) is 20.7. The van der Waals surface area contributed by atoms with Crippen LogP contribution in [0.5, 0.6) is 0 Å². The van der Waals surface area contributed by atoms with E-state index in [4.69, 9.17) is 27.9 Å². The van der Waals surface area contributed by atoms with Gasteiger partial charge in [0.2, 0.25) is 0 Å². The van der Waals surface area contributed by atoms with E-state index in [1.54, 1.807) is 0 Å². The Morgan fingerprint density at radius 3 is 2.41 bits per heavy atom. The van der Waals surface area contributed by atoms with Crippen LogP contribution in [0.4, 0.5) is 0 Å². The Morgan fingerprint density at radius 2 is 1.88 bits per heavy atom. The molecule has 1 aromatic carbocycles. The molecule has 94 valence electrons. The number of alkyl halides is 2. The summed E-state index contributed by atoms with van der Waals surface area (Å²) in [6.45, 7) is 0.875. The fourth-order valence-corrected chi connectivity index (χ4v) is 3.26. The minimum Gasteiger partial charge on any atom is -0.378 e. The van der Waals surface area contributed by atoms with Crippen molar-refractivity contribution in [2.45, 2.75) is 30.8 Å². The number of ether oxygens (including phenoxy) is 1. The van der Waals surface area contributed by atoms with E-state index in [-0.39, 0.29) is 5.41 Å². The molecule has 0 radical (unpaired) electrons. The molecule has 0 spiro atoms. The van der Waals surface area contributed by atoms with Crippen molar-refractivity contribution in [2.75, 3.05) is 18.4 Å². The SMILES string of the molecule is ClCC(CCl)(CC1CCCO1)c1ccccc1. The molecule has 1 aliphatic rings. The molecule has 1 aliphatic heterocycles. The van der Waals surface area contributed by atoms with Crippen LogP contribution in [-0.4, -0.2) is 24.5 Å². The van der Waals surface area contributed by atoms with Gasteiger partial charge in [-0.1, -0.05) is 30.3 Å². The van der Waals surface area contributed by atoms with Gasteiger partial charge in [0.15, 0.2) is 0 Å². The van der Waals surface area contributed by atoms with Crippen molar-refractivity contribution >= 4 is 23.2 Å². The molecule has 0 saturated carbocycles. The van der Waals surface area contributed by atoms with Crippen molar-refractivity contribution in [1.29, 1.82) is 0 Å². The van der Waals surface area contributed by atoms with Crippen molar-refractivity contribution in [3.8, 4) is 0 Å². The molecule has 1 nitrogen and oxygen atoms in total. The molecule has 0 bridgehead atoms. The lowest BCUT2D eigenvalue weighted by Crippen LogP contribution is -2.34. The van der Waals surface area contributed by atoms with Crippen LogP contribution in [0.1, 0.15) is 24.8 Å². The highest BCUT2D eigenvalue weighted by atomic mass is 35.5. The Hall–Kier alpha value is -0.240. The van der Waals surface area contributed by atoms with Crippen LogP contribution in [-0.2, 0) is 10.2 Å². The summed E-state index contributed by atoms with van der Waals surface area (Å²) in [6, 6.07) is 10.3. The zero-order valence-electron chi connectivity index (χ0n) is 9.87. The second-order valence-electron chi connectivity index (χ2n) is 4.75. The van der Waals surface area contributed by atoms with E-state index >= 15 is 0 Å². The second-order valence-corrected chi connectivity index (χ2v) is 5.29. The number of halogens is 2. The molecule has 1 atom stereocenters. The van der Waals surface area contributed by atoms with Gasteiger partial charge in [0.25, 0.3) is 0 Å². The predicted molar refractivity (Wildman–Crippen MR) is 73.2 cm³/mol. The standard InChI is InChI=1S/C14H18Cl2O/c15-10-14(11-16,9-13-7-4-8-17-13)12-5-2-1-3-6-12/h1-3,5-6,13H,4,7-11H2. The highest BCUT2D eigenvalue weighted by Gasteiger charge is 2.34. The van der Waals surface area contributed by atoms with Crippen LogP contribution in [0.25, 0.3) is 0 Å². The lowest BCUT2D eigenvalue weighted by atomic mass is 9.79. The number of rotatable bonds is 5. The van der Waals surface area contributed by atoms with Gasteiger partial charge in [-0.2, -0.15) is 0 Å². The summed E-state index contributed by atoms with van der Waals surface area (Å²) in [5, 5.41) is 0. The zero-order chi connectivity index (χ0) is 12.1. The van der Waals surface area contributed by atoms with Crippen LogP contribution in [0.15, 0.2) is 30.3 Å². The summed E-state index contributed by atoms with van der Waals surface area (Å²) < 4.78 is 5.72. The van der Waals surface area contributed by atoms with Crippen LogP contribution >= 0.6 is 23.2 Å². The van der Waals surface area contributed by atoms with E-state index in [9.17, 15) is 0 Å². The van der Waals surface area contributed by atoms with Crippen LogP contribution in [0.3, 0.4) is 0 Å². The second kappa shape index (κ2) is 6.08. The molecule has 1 fully saturated rings. The van der Waals surface area contributed by atoms with Crippen molar-refractivity contribution < 1.29 is 4.74 Å². The van der Waals surface area contributed by atoms with Crippen LogP contribution in [0.2, 0.25) is 0 Å². The van der Waals surface area contributed by atoms with E-state index in [0.717, 1.165) is 25.9 Å². The van der Waals surface area contributed by atoms with Gasteiger partial charge < -0.3 is 4.74 Å². The van der Waals surface area contributed by atoms with Gasteiger partial charge in [0, 0.05) is 23.8 Å². The topological polar surface area (TPSA) is 9.23 Å². The summed E-state index contributed by atoms with van der Waals surface area (Å²) in [6.07, 6.45) is 3.51. The Morgan fingerprint density at radius 1 is 1.18 bits per heavy atom. The first-order chi connectivity index (χ1) is 8.30. The average Bonchev–Trinajstić information content (AvgIpc) is 2.90. The van der Waals surface area contributed by atoms with Crippen LogP contribution < -0.4 is 0 Å². The first-order valence-corrected chi connectivity index (χ1v) is 7.17. The number of hydrogen-bond acceptors (Lipinski definition) is 1. The molecule has 0 N–H and O–H groups in total. The molecule has 1 aromatic rings. The first-order valence-electron chi connectivity index (χ1n) is 6.10. The monoisotopic (exact) mass is 272 g/mol. The van der Waals surface area contributed by atoms with Gasteiger partial charge in [0.05, 0.1) is 6.10 Å². The van der Waals surface area contributed by atoms with Crippen molar-refractivity contribution in [2.24, 2.45) is 0 Å². The molecule has 0 aliphatic carbocycles. The molecular weight excluding hydrogens is 255 g/mol. The fourth-order valence-electron chi connectivity index (χ4n) is 2.45. The van der Waals surface area contributed by atoms with Gasteiger partial charge in [-0.15, -0.1) is 23.2 Å². The third-order valence-corrected chi connectivity index (χ3v) is 4.56.